The van der Waals surface area contributed by atoms with Crippen molar-refractivity contribution in [2.75, 3.05) is 13.6 Å². The molecular weight excluding hydrogens is 386 g/mol. The van der Waals surface area contributed by atoms with E-state index in [2.05, 4.69) is 65.0 Å². The van der Waals surface area contributed by atoms with E-state index in [1.807, 2.05) is 0 Å². The highest BCUT2D eigenvalue weighted by atomic mass is 15.1. The lowest BCUT2D eigenvalue weighted by molar-refractivity contribution is -0.0609. The van der Waals surface area contributed by atoms with Crippen molar-refractivity contribution in [2.24, 2.45) is 40.4 Å². The van der Waals surface area contributed by atoms with Crippen molar-refractivity contribution in [3.8, 4) is 0 Å². The van der Waals surface area contributed by atoms with Gasteiger partial charge in [-0.05, 0) is 132 Å². The lowest BCUT2D eigenvalue weighted by Gasteiger charge is -2.59. The molecule has 0 aromatic heterocycles. The van der Waals surface area contributed by atoms with Crippen molar-refractivity contribution in [3.05, 3.63) is 36.5 Å². The molecule has 8 atom stereocenters. The van der Waals surface area contributed by atoms with Crippen LogP contribution in [0.5, 0.6) is 0 Å². The number of rotatable bonds is 8. The van der Waals surface area contributed by atoms with E-state index in [4.69, 9.17) is 0 Å². The molecule has 0 bridgehead atoms. The van der Waals surface area contributed by atoms with Gasteiger partial charge in [0.15, 0.2) is 0 Å². The summed E-state index contributed by atoms with van der Waals surface area (Å²) in [6, 6.07) is 0.712. The molecule has 4 aliphatic carbocycles. The maximum Gasteiger partial charge on any atom is 0.00974 e. The minimum Gasteiger partial charge on any atom is -0.303 e. The van der Waals surface area contributed by atoms with Gasteiger partial charge in [0.1, 0.15) is 0 Å². The molecule has 0 aromatic carbocycles. The Labute approximate surface area is 199 Å². The van der Waals surface area contributed by atoms with Crippen LogP contribution in [-0.4, -0.2) is 24.5 Å². The zero-order valence-corrected chi connectivity index (χ0v) is 22.0. The van der Waals surface area contributed by atoms with Crippen LogP contribution in [0.4, 0.5) is 0 Å². The lowest BCUT2D eigenvalue weighted by Crippen LogP contribution is -2.52. The maximum atomic E-state index is 4.30. The monoisotopic (exact) mass is 437 g/mol. The molecule has 0 aliphatic heterocycles. The van der Waals surface area contributed by atoms with Crippen LogP contribution in [-0.2, 0) is 0 Å². The van der Waals surface area contributed by atoms with Gasteiger partial charge in [-0.2, -0.15) is 0 Å². The maximum absolute atomic E-state index is 4.30. The molecule has 0 spiro atoms. The van der Waals surface area contributed by atoms with Crippen LogP contribution in [0, 0.1) is 40.4 Å². The number of hydrogen-bond donors (Lipinski definition) is 0. The molecule has 0 aromatic rings. The summed E-state index contributed by atoms with van der Waals surface area (Å²) in [5.74, 6) is 4.50. The van der Waals surface area contributed by atoms with Gasteiger partial charge in [-0.15, -0.1) is 6.58 Å². The van der Waals surface area contributed by atoms with Crippen LogP contribution in [0.3, 0.4) is 0 Å². The van der Waals surface area contributed by atoms with Gasteiger partial charge in [0, 0.05) is 6.04 Å². The summed E-state index contributed by atoms with van der Waals surface area (Å²) < 4.78 is 0. The number of hydrogen-bond acceptors (Lipinski definition) is 1. The second kappa shape index (κ2) is 9.44. The Morgan fingerprint density at radius 2 is 1.88 bits per heavy atom. The molecule has 0 radical (unpaired) electrons. The third kappa shape index (κ3) is 4.21. The van der Waals surface area contributed by atoms with E-state index in [0.717, 1.165) is 36.0 Å². The zero-order chi connectivity index (χ0) is 23.1. The van der Waals surface area contributed by atoms with Gasteiger partial charge in [-0.1, -0.05) is 50.6 Å². The van der Waals surface area contributed by atoms with E-state index in [0.29, 0.717) is 16.9 Å². The molecule has 4 aliphatic rings. The third-order valence-corrected chi connectivity index (χ3v) is 11.2. The second-order valence-electron chi connectivity index (χ2n) is 12.9. The Morgan fingerprint density at radius 3 is 2.62 bits per heavy atom. The topological polar surface area (TPSA) is 3.24 Å². The van der Waals surface area contributed by atoms with Crippen LogP contribution in [0.1, 0.15) is 98.3 Å². The molecule has 3 fully saturated rings. The minimum absolute atomic E-state index is 0.466. The number of allylic oxidation sites excluding steroid dienone is 4. The highest BCUT2D eigenvalue weighted by molar-refractivity contribution is 5.33. The average Bonchev–Trinajstić information content (AvgIpc) is 3.11. The molecule has 32 heavy (non-hydrogen) atoms. The summed E-state index contributed by atoms with van der Waals surface area (Å²) in [6.45, 7) is 19.7. The van der Waals surface area contributed by atoms with Crippen LogP contribution < -0.4 is 0 Å². The van der Waals surface area contributed by atoms with Crippen molar-refractivity contribution in [3.63, 3.8) is 0 Å². The van der Waals surface area contributed by atoms with Crippen molar-refractivity contribution in [2.45, 2.75) is 104 Å². The number of fused-ring (bicyclic) bond motifs is 5. The van der Waals surface area contributed by atoms with Crippen molar-refractivity contribution in [1.29, 1.82) is 0 Å². The van der Waals surface area contributed by atoms with E-state index in [1.54, 1.807) is 5.57 Å². The molecule has 1 nitrogen and oxygen atoms in total. The first-order chi connectivity index (χ1) is 15.2. The molecular formula is C31H51N. The van der Waals surface area contributed by atoms with E-state index in [9.17, 15) is 0 Å². The Hall–Kier alpha value is -0.820. The van der Waals surface area contributed by atoms with Crippen molar-refractivity contribution >= 4 is 0 Å². The van der Waals surface area contributed by atoms with Crippen LogP contribution in [0.2, 0.25) is 0 Å². The van der Waals surface area contributed by atoms with Crippen molar-refractivity contribution < 1.29 is 0 Å². The minimum atomic E-state index is 0.466. The van der Waals surface area contributed by atoms with Gasteiger partial charge in [0.2, 0.25) is 0 Å². The summed E-state index contributed by atoms with van der Waals surface area (Å²) in [5.41, 5.74) is 4.16. The molecule has 3 saturated carbocycles. The van der Waals surface area contributed by atoms with Crippen LogP contribution >= 0.6 is 0 Å². The predicted octanol–water partition coefficient (Wildman–Crippen LogP) is 8.43. The van der Waals surface area contributed by atoms with Gasteiger partial charge in [-0.25, -0.2) is 0 Å². The summed E-state index contributed by atoms with van der Waals surface area (Å²) in [4.78, 5) is 2.71. The first-order valence-electron chi connectivity index (χ1n) is 13.9. The fraction of sp³-hybridized carbons (Fsp3) is 0.806. The molecule has 0 N–H and O–H groups in total. The zero-order valence-electron chi connectivity index (χ0n) is 22.0. The van der Waals surface area contributed by atoms with Crippen LogP contribution in [0.15, 0.2) is 36.5 Å². The Morgan fingerprint density at radius 1 is 1.09 bits per heavy atom. The molecule has 0 amide bonds. The molecule has 0 saturated heterocycles. The summed E-state index contributed by atoms with van der Waals surface area (Å²) in [6.07, 6.45) is 19.6. The largest absolute Gasteiger partial charge is 0.303 e. The lowest BCUT2D eigenvalue weighted by atomic mass is 9.46. The predicted molar refractivity (Wildman–Crippen MR) is 140 cm³/mol. The SMILES string of the molecule is C=CCC(C)CCCN(C)C(C)C1CCC2C3CCC4=CC(=C)CCC4(C)C3CCC21C. The van der Waals surface area contributed by atoms with E-state index in [1.165, 1.54) is 76.3 Å². The molecule has 4 rings (SSSR count). The van der Waals surface area contributed by atoms with Gasteiger partial charge < -0.3 is 4.90 Å². The van der Waals surface area contributed by atoms with E-state index < -0.39 is 0 Å². The highest BCUT2D eigenvalue weighted by Gasteiger charge is 2.59. The smallest absolute Gasteiger partial charge is 0.00974 e. The fourth-order valence-electron chi connectivity index (χ4n) is 9.08. The first-order valence-corrected chi connectivity index (χ1v) is 13.9. The standard InChI is InChI=1S/C31H51N/c1-8-10-22(2)11-9-20-32(7)24(4)27-14-15-28-26-13-12-25-21-23(3)16-18-30(25,5)29(26)17-19-31(27,28)6/h8,21-22,24,26-29H,1,3,9-20H2,2,4-7H3. The molecule has 0 heterocycles. The average molecular weight is 438 g/mol. The Bertz CT molecular complexity index is 733. The summed E-state index contributed by atoms with van der Waals surface area (Å²) >= 11 is 0. The molecule has 1 heteroatoms. The first kappa shape index (κ1) is 24.3. The number of nitrogens with zero attached hydrogens (tertiary/aromatic N) is 1. The van der Waals surface area contributed by atoms with Gasteiger partial charge >= 0.3 is 0 Å². The third-order valence-electron chi connectivity index (χ3n) is 11.2. The summed E-state index contributed by atoms with van der Waals surface area (Å²) in [5, 5.41) is 0. The normalized spacial score (nSPS) is 40.8. The van der Waals surface area contributed by atoms with Crippen LogP contribution in [0.25, 0.3) is 0 Å². The van der Waals surface area contributed by atoms with Crippen molar-refractivity contribution in [1.82, 2.24) is 4.90 Å². The summed E-state index contributed by atoms with van der Waals surface area (Å²) in [7, 11) is 2.40. The van der Waals surface area contributed by atoms with Gasteiger partial charge in [0.05, 0.1) is 0 Å². The van der Waals surface area contributed by atoms with Gasteiger partial charge in [0.25, 0.3) is 0 Å². The van der Waals surface area contributed by atoms with Gasteiger partial charge in [-0.3, -0.25) is 0 Å². The highest BCUT2D eigenvalue weighted by Crippen LogP contribution is 2.67. The van der Waals surface area contributed by atoms with E-state index in [-0.39, 0.29) is 0 Å². The fourth-order valence-corrected chi connectivity index (χ4v) is 9.08. The van der Waals surface area contributed by atoms with E-state index >= 15 is 0 Å². The Kier molecular flexibility index (Phi) is 7.17. The molecule has 180 valence electrons. The molecule has 8 unspecified atom stereocenters. The quantitative estimate of drug-likeness (QED) is 0.344. The Balaban J connectivity index is 1.42. The second-order valence-corrected chi connectivity index (χ2v) is 12.9.